The first-order chi connectivity index (χ1) is 29.1. The molecule has 3 N–H and O–H groups in total. The molecule has 2 amide bonds. The maximum atomic E-state index is 14.5. The zero-order valence-corrected chi connectivity index (χ0v) is 38.0. The fourth-order valence-corrected chi connectivity index (χ4v) is 9.73. The third-order valence-corrected chi connectivity index (χ3v) is 12.8. The lowest BCUT2D eigenvalue weighted by atomic mass is 9.83. The van der Waals surface area contributed by atoms with Crippen molar-refractivity contribution in [1.82, 2.24) is 35.6 Å². The summed E-state index contributed by atoms with van der Waals surface area (Å²) in [6.45, 7) is 19.0. The van der Waals surface area contributed by atoms with E-state index in [1.165, 1.54) is 21.9 Å². The van der Waals surface area contributed by atoms with Gasteiger partial charge in [-0.3, -0.25) is 19.6 Å². The van der Waals surface area contributed by atoms with Gasteiger partial charge in [0.05, 0.1) is 29.8 Å². The summed E-state index contributed by atoms with van der Waals surface area (Å²) in [4.78, 5) is 52.0. The molecular weight excluding hydrogens is 795 g/mol. The Morgan fingerprint density at radius 2 is 1.90 bits per heavy atom. The third-order valence-electron chi connectivity index (χ3n) is 11.9. The standard InChI is InChI=1S/C46H63N7O7S/c1-10-52-36-15-14-29-21-31(36)33(39(52)32-22-30(28-16-18-47-19-17-28)24-48-37(32)27(3)57-9)23-46(7,8)26-59-43(55)34-13-12-20-53(51-34)42(54)38(50-44(56)60-45(4,5)6)40(58-11-2)41-49-35(29)25-61-41/h14-15,21-22,24-25,27-28,34,38,40,47,51H,10-13,16-20,23,26H2,1-9H3,(H,50,56)/t27-,34-,38?,40-/m0/s1. The van der Waals surface area contributed by atoms with Gasteiger partial charge in [0.1, 0.15) is 28.8 Å². The van der Waals surface area contributed by atoms with E-state index in [1.807, 2.05) is 25.4 Å². The molecule has 0 saturated carbocycles. The van der Waals surface area contributed by atoms with Crippen LogP contribution in [0.1, 0.15) is 121 Å². The number of hydrogen-bond acceptors (Lipinski definition) is 12. The second-order valence-electron chi connectivity index (χ2n) is 18.2. The maximum Gasteiger partial charge on any atom is 0.408 e. The van der Waals surface area contributed by atoms with Crippen LogP contribution >= 0.6 is 11.3 Å². The number of fused-ring (bicyclic) bond motifs is 6. The number of carbonyl (C=O) groups is 3. The summed E-state index contributed by atoms with van der Waals surface area (Å²) in [6, 6.07) is 6.80. The number of rotatable bonds is 8. The Hall–Kier alpha value is -4.41. The van der Waals surface area contributed by atoms with Crippen LogP contribution in [0.2, 0.25) is 0 Å². The van der Waals surface area contributed by atoms with Crippen molar-refractivity contribution in [2.24, 2.45) is 5.41 Å². The highest BCUT2D eigenvalue weighted by molar-refractivity contribution is 7.10. The number of piperidine rings is 1. The van der Waals surface area contributed by atoms with Crippen LogP contribution < -0.4 is 16.1 Å². The van der Waals surface area contributed by atoms with E-state index in [-0.39, 0.29) is 19.3 Å². The molecule has 2 saturated heterocycles. The molecule has 1 aromatic carbocycles. The van der Waals surface area contributed by atoms with E-state index in [1.54, 1.807) is 27.9 Å². The van der Waals surface area contributed by atoms with Gasteiger partial charge in [-0.2, -0.15) is 0 Å². The van der Waals surface area contributed by atoms with Gasteiger partial charge in [0.2, 0.25) is 0 Å². The monoisotopic (exact) mass is 857 g/mol. The van der Waals surface area contributed by atoms with Gasteiger partial charge in [0, 0.05) is 65.8 Å². The Morgan fingerprint density at radius 3 is 2.61 bits per heavy atom. The van der Waals surface area contributed by atoms with Crippen molar-refractivity contribution in [2.75, 3.05) is 40.0 Å². The minimum Gasteiger partial charge on any atom is -0.464 e. The minimum absolute atomic E-state index is 0.148. The van der Waals surface area contributed by atoms with Gasteiger partial charge in [-0.1, -0.05) is 19.9 Å². The molecule has 4 atom stereocenters. The maximum absolute atomic E-state index is 14.5. The molecule has 2 fully saturated rings. The quantitative estimate of drug-likeness (QED) is 0.150. The van der Waals surface area contributed by atoms with Crippen LogP contribution in [0.25, 0.3) is 33.4 Å². The van der Waals surface area contributed by atoms with Gasteiger partial charge in [-0.05, 0) is 122 Å². The Bertz CT molecular complexity index is 2220. The van der Waals surface area contributed by atoms with Crippen molar-refractivity contribution in [1.29, 1.82) is 0 Å². The van der Waals surface area contributed by atoms with Gasteiger partial charge in [0.25, 0.3) is 5.91 Å². The highest BCUT2D eigenvalue weighted by atomic mass is 32.1. The summed E-state index contributed by atoms with van der Waals surface area (Å²) in [5.41, 5.74) is 9.87. The Kier molecular flexibility index (Phi) is 13.5. The molecule has 15 heteroatoms. The zero-order valence-electron chi connectivity index (χ0n) is 37.2. The average molecular weight is 858 g/mol. The van der Waals surface area contributed by atoms with E-state index >= 15 is 0 Å². The van der Waals surface area contributed by atoms with Crippen molar-refractivity contribution in [3.63, 3.8) is 0 Å². The topological polar surface area (TPSA) is 158 Å². The number of alkyl carbamates (subject to hydrolysis) is 1. The van der Waals surface area contributed by atoms with Crippen LogP contribution in [-0.2, 0) is 41.5 Å². The van der Waals surface area contributed by atoms with E-state index in [9.17, 15) is 14.4 Å². The molecule has 7 rings (SSSR count). The highest BCUT2D eigenvalue weighted by Crippen LogP contribution is 2.43. The summed E-state index contributed by atoms with van der Waals surface area (Å²) in [6.07, 6.45) is 3.78. The molecule has 3 aliphatic rings. The fraction of sp³-hybridized carbons (Fsp3) is 0.587. The molecule has 3 aromatic heterocycles. The van der Waals surface area contributed by atoms with Crippen molar-refractivity contribution in [3.05, 3.63) is 57.7 Å². The van der Waals surface area contributed by atoms with Crippen LogP contribution in [0.4, 0.5) is 4.79 Å². The molecule has 4 aromatic rings. The third kappa shape index (κ3) is 9.81. The first-order valence-corrected chi connectivity index (χ1v) is 22.7. The SMILES string of the molecule is CCO[C@@H]1c2nc(cs2)-c2ccc3c(c2)c(c(-c2cc(C4CCNCC4)cnc2[C@H](C)OC)n3CC)CC(C)(C)COC(=O)[C@@H]2CCCN(N2)C(=O)C1NC(=O)OC(C)(C)C. The van der Waals surface area contributed by atoms with E-state index in [2.05, 4.69) is 65.7 Å². The van der Waals surface area contributed by atoms with Gasteiger partial charge in [-0.15, -0.1) is 11.3 Å². The van der Waals surface area contributed by atoms with E-state index in [0.29, 0.717) is 43.3 Å². The van der Waals surface area contributed by atoms with Gasteiger partial charge >= 0.3 is 12.1 Å². The first-order valence-electron chi connectivity index (χ1n) is 21.8. The number of aromatic nitrogens is 3. The molecule has 6 bridgehead atoms. The fourth-order valence-electron chi connectivity index (χ4n) is 8.82. The van der Waals surface area contributed by atoms with Crippen molar-refractivity contribution < 1.29 is 33.3 Å². The Morgan fingerprint density at radius 1 is 1.13 bits per heavy atom. The largest absolute Gasteiger partial charge is 0.464 e. The lowest BCUT2D eigenvalue weighted by Gasteiger charge is -2.37. The van der Waals surface area contributed by atoms with Crippen LogP contribution in [0.3, 0.4) is 0 Å². The number of pyridine rings is 1. The summed E-state index contributed by atoms with van der Waals surface area (Å²) < 4.78 is 26.4. The number of thiazole rings is 1. The zero-order chi connectivity index (χ0) is 43.6. The second kappa shape index (κ2) is 18.5. The Labute approximate surface area is 363 Å². The van der Waals surface area contributed by atoms with Crippen molar-refractivity contribution in [2.45, 2.75) is 130 Å². The lowest BCUT2D eigenvalue weighted by Crippen LogP contribution is -2.61. The van der Waals surface area contributed by atoms with Crippen LogP contribution in [0.15, 0.2) is 35.8 Å². The molecule has 0 aliphatic carbocycles. The van der Waals surface area contributed by atoms with E-state index in [4.69, 9.17) is 28.9 Å². The van der Waals surface area contributed by atoms with Gasteiger partial charge < -0.3 is 34.1 Å². The number of hydrogen-bond donors (Lipinski definition) is 3. The van der Waals surface area contributed by atoms with Crippen LogP contribution in [0.5, 0.6) is 0 Å². The molecule has 0 spiro atoms. The molecular formula is C46H63N7O7S. The first kappa shape index (κ1) is 44.6. The van der Waals surface area contributed by atoms with Crippen molar-refractivity contribution in [3.8, 4) is 22.5 Å². The van der Waals surface area contributed by atoms with Gasteiger partial charge in [0.15, 0.2) is 0 Å². The number of cyclic esters (lactones) is 1. The van der Waals surface area contributed by atoms with Crippen molar-refractivity contribution >= 4 is 40.2 Å². The van der Waals surface area contributed by atoms with E-state index < -0.39 is 47.2 Å². The lowest BCUT2D eigenvalue weighted by molar-refractivity contribution is -0.156. The predicted octanol–water partition coefficient (Wildman–Crippen LogP) is 7.61. The number of methoxy groups -OCH3 is 1. The molecule has 61 heavy (non-hydrogen) atoms. The number of ether oxygens (including phenoxy) is 4. The second-order valence-corrected chi connectivity index (χ2v) is 19.1. The molecule has 3 aliphatic heterocycles. The normalized spacial score (nSPS) is 22.1. The number of hydrazine groups is 1. The minimum atomic E-state index is -1.22. The molecule has 14 nitrogen and oxygen atoms in total. The number of aryl methyl sites for hydroxylation is 1. The van der Waals surface area contributed by atoms with E-state index in [0.717, 1.165) is 70.6 Å². The molecule has 6 heterocycles. The smallest absolute Gasteiger partial charge is 0.408 e. The number of amides is 2. The Balaban J connectivity index is 1.42. The average Bonchev–Trinajstić information content (AvgIpc) is 3.85. The van der Waals surface area contributed by atoms with Gasteiger partial charge in [-0.25, -0.2) is 15.2 Å². The molecule has 1 unspecified atom stereocenters. The molecule has 0 radical (unpaired) electrons. The summed E-state index contributed by atoms with van der Waals surface area (Å²) in [7, 11) is 1.72. The number of nitrogens with zero attached hydrogens (tertiary/aromatic N) is 4. The number of esters is 1. The summed E-state index contributed by atoms with van der Waals surface area (Å²) in [5.74, 6) is -0.516. The number of carbonyl (C=O) groups excluding carboxylic acids is 3. The highest BCUT2D eigenvalue weighted by Gasteiger charge is 2.41. The van der Waals surface area contributed by atoms with Crippen LogP contribution in [0, 0.1) is 5.41 Å². The molecule has 330 valence electrons. The van der Waals surface area contributed by atoms with Crippen LogP contribution in [-0.4, -0.2) is 95.2 Å². The number of benzene rings is 1. The summed E-state index contributed by atoms with van der Waals surface area (Å²) >= 11 is 1.37. The number of nitrogens with one attached hydrogen (secondary N) is 3. The summed E-state index contributed by atoms with van der Waals surface area (Å²) in [5, 5.41) is 11.3. The predicted molar refractivity (Wildman–Crippen MR) is 236 cm³/mol.